The topological polar surface area (TPSA) is 136 Å². The highest BCUT2D eigenvalue weighted by Crippen LogP contribution is 2.22. The lowest BCUT2D eigenvalue weighted by Crippen LogP contribution is -2.30. The van der Waals surface area contributed by atoms with Gasteiger partial charge in [0.1, 0.15) is 6.04 Å². The lowest BCUT2D eigenvalue weighted by molar-refractivity contribution is -0.117. The first-order valence-electron chi connectivity index (χ1n) is 4.80. The summed E-state index contributed by atoms with van der Waals surface area (Å²) in [5, 5.41) is 2.35. The average molecular weight is 288 g/mol. The molecule has 0 fully saturated rings. The predicted octanol–water partition coefficient (Wildman–Crippen LogP) is -0.223. The van der Waals surface area contributed by atoms with Crippen LogP contribution in [-0.4, -0.2) is 32.4 Å². The number of carbonyl (C=O) groups excluding carboxylic acids is 2. The Kier molecular flexibility index (Phi) is 5.04. The van der Waals surface area contributed by atoms with Crippen LogP contribution in [0, 0.1) is 0 Å². The molecule has 0 spiro atoms. The van der Waals surface area contributed by atoms with Crippen molar-refractivity contribution >= 4 is 46.2 Å². The minimum absolute atomic E-state index is 0.0992. The first kappa shape index (κ1) is 14.4. The van der Waals surface area contributed by atoms with Gasteiger partial charge in [-0.1, -0.05) is 0 Å². The van der Waals surface area contributed by atoms with Gasteiger partial charge in [-0.3, -0.25) is 14.9 Å². The lowest BCUT2D eigenvalue weighted by Gasteiger charge is -2.05. The third-order valence-electron chi connectivity index (χ3n) is 1.60. The van der Waals surface area contributed by atoms with Crippen LogP contribution in [0.15, 0.2) is 9.33 Å². The van der Waals surface area contributed by atoms with Crippen LogP contribution >= 0.6 is 23.3 Å². The number of nitrogens with two attached hydrogens (primary N) is 2. The number of nitrogens with zero attached hydrogens (tertiary/aromatic N) is 3. The third kappa shape index (κ3) is 4.67. The quantitative estimate of drug-likeness (QED) is 0.395. The van der Waals surface area contributed by atoms with Gasteiger partial charge in [-0.15, -0.1) is 0 Å². The molecule has 5 N–H and O–H groups in total. The van der Waals surface area contributed by atoms with Crippen molar-refractivity contribution in [2.75, 3.05) is 5.32 Å². The number of guanidine groups is 1. The summed E-state index contributed by atoms with van der Waals surface area (Å²) in [7, 11) is 0. The van der Waals surface area contributed by atoms with Gasteiger partial charge in [-0.2, -0.15) is 9.36 Å². The van der Waals surface area contributed by atoms with Crippen LogP contribution < -0.4 is 16.8 Å². The number of carbonyl (C=O) groups is 2. The molecule has 1 heterocycles. The van der Waals surface area contributed by atoms with E-state index in [1.807, 2.05) is 0 Å². The van der Waals surface area contributed by atoms with Crippen molar-refractivity contribution in [1.82, 2.24) is 9.36 Å². The number of nitrogens with one attached hydrogen (secondary N) is 1. The van der Waals surface area contributed by atoms with Crippen molar-refractivity contribution in [3.63, 3.8) is 0 Å². The zero-order valence-corrected chi connectivity index (χ0v) is 11.3. The van der Waals surface area contributed by atoms with Crippen LogP contribution in [0.4, 0.5) is 5.95 Å². The van der Waals surface area contributed by atoms with E-state index >= 15 is 0 Å². The highest BCUT2D eigenvalue weighted by molar-refractivity contribution is 8.14. The molecule has 0 saturated heterocycles. The summed E-state index contributed by atoms with van der Waals surface area (Å²) in [5.74, 6) is -0.469. The van der Waals surface area contributed by atoms with Gasteiger partial charge in [-0.05, 0) is 30.2 Å². The van der Waals surface area contributed by atoms with Gasteiger partial charge in [0.25, 0.3) is 5.91 Å². The SMILES string of the molecule is CC(=O)Sc1nc(NC(=O)C(C)N=C(N)N)ns1. The van der Waals surface area contributed by atoms with E-state index in [9.17, 15) is 9.59 Å². The van der Waals surface area contributed by atoms with E-state index in [1.54, 1.807) is 0 Å². The molecule has 8 nitrogen and oxygen atoms in total. The molecule has 1 rings (SSSR count). The number of thioether (sulfide) groups is 1. The maximum Gasteiger partial charge on any atom is 0.251 e. The number of hydrogen-bond donors (Lipinski definition) is 3. The lowest BCUT2D eigenvalue weighted by atomic mass is 10.3. The van der Waals surface area contributed by atoms with Gasteiger partial charge >= 0.3 is 0 Å². The molecular formula is C8H12N6O2S2. The number of anilines is 1. The molecular weight excluding hydrogens is 276 g/mol. The monoisotopic (exact) mass is 288 g/mol. The Balaban J connectivity index is 2.62. The number of amides is 1. The number of aliphatic imine (C=N–C) groups is 1. The highest BCUT2D eigenvalue weighted by atomic mass is 32.2. The second kappa shape index (κ2) is 6.31. The van der Waals surface area contributed by atoms with Gasteiger partial charge in [0, 0.05) is 6.92 Å². The molecule has 0 aliphatic carbocycles. The first-order valence-corrected chi connectivity index (χ1v) is 6.39. The summed E-state index contributed by atoms with van der Waals surface area (Å²) in [6.45, 7) is 2.96. The summed E-state index contributed by atoms with van der Waals surface area (Å²) in [6, 6.07) is -0.734. The molecule has 10 heteroatoms. The summed E-state index contributed by atoms with van der Waals surface area (Å²) in [6.07, 6.45) is 0. The maximum absolute atomic E-state index is 11.6. The Morgan fingerprint density at radius 1 is 1.50 bits per heavy atom. The van der Waals surface area contributed by atoms with Gasteiger partial charge in [0.05, 0.1) is 0 Å². The van der Waals surface area contributed by atoms with Gasteiger partial charge in [0.15, 0.2) is 15.4 Å². The normalized spacial score (nSPS) is 11.7. The molecule has 0 bridgehead atoms. The minimum Gasteiger partial charge on any atom is -0.370 e. The first-order chi connectivity index (χ1) is 8.38. The smallest absolute Gasteiger partial charge is 0.251 e. The van der Waals surface area contributed by atoms with E-state index in [0.717, 1.165) is 23.3 Å². The molecule has 1 unspecified atom stereocenters. The molecule has 18 heavy (non-hydrogen) atoms. The van der Waals surface area contributed by atoms with Crippen molar-refractivity contribution in [3.05, 3.63) is 0 Å². The van der Waals surface area contributed by atoms with E-state index in [-0.39, 0.29) is 17.0 Å². The third-order valence-corrected chi connectivity index (χ3v) is 3.13. The van der Waals surface area contributed by atoms with Crippen LogP contribution in [0.3, 0.4) is 0 Å². The molecule has 0 aliphatic rings. The zero-order chi connectivity index (χ0) is 13.7. The van der Waals surface area contributed by atoms with E-state index in [1.165, 1.54) is 13.8 Å². The van der Waals surface area contributed by atoms with Crippen molar-refractivity contribution in [2.45, 2.75) is 24.2 Å². The van der Waals surface area contributed by atoms with Crippen LogP contribution in [0.2, 0.25) is 0 Å². The highest BCUT2D eigenvalue weighted by Gasteiger charge is 2.15. The molecule has 0 radical (unpaired) electrons. The summed E-state index contributed by atoms with van der Waals surface area (Å²) in [5.41, 5.74) is 10.3. The van der Waals surface area contributed by atoms with Crippen molar-refractivity contribution < 1.29 is 9.59 Å². The van der Waals surface area contributed by atoms with Gasteiger partial charge < -0.3 is 11.5 Å². The molecule has 1 atom stereocenters. The molecule has 0 saturated carbocycles. The van der Waals surface area contributed by atoms with E-state index < -0.39 is 11.9 Å². The number of hydrogen-bond acceptors (Lipinski definition) is 7. The predicted molar refractivity (Wildman–Crippen MR) is 70.3 cm³/mol. The Bertz CT molecular complexity index is 482. The van der Waals surface area contributed by atoms with Crippen LogP contribution in [0.5, 0.6) is 0 Å². The standard InChI is InChI=1S/C8H12N6O2S2/c1-3(11-6(9)10)5(16)12-7-13-8(18-14-7)17-4(2)15/h3H,1-2H3,(H4,9,10,11)(H,12,14,16). The second-order valence-corrected chi connectivity index (χ2v) is 5.37. The van der Waals surface area contributed by atoms with Crippen molar-refractivity contribution in [3.8, 4) is 0 Å². The maximum atomic E-state index is 11.6. The largest absolute Gasteiger partial charge is 0.370 e. The second-order valence-electron chi connectivity index (χ2n) is 3.20. The van der Waals surface area contributed by atoms with Crippen LogP contribution in [0.1, 0.15) is 13.8 Å². The van der Waals surface area contributed by atoms with Crippen molar-refractivity contribution in [2.24, 2.45) is 16.5 Å². The van der Waals surface area contributed by atoms with Crippen LogP contribution in [0.25, 0.3) is 0 Å². The van der Waals surface area contributed by atoms with E-state index in [2.05, 4.69) is 19.7 Å². The minimum atomic E-state index is -0.734. The summed E-state index contributed by atoms with van der Waals surface area (Å²) >= 11 is 1.98. The average Bonchev–Trinajstić information content (AvgIpc) is 2.63. The molecule has 98 valence electrons. The van der Waals surface area contributed by atoms with E-state index in [0.29, 0.717) is 4.34 Å². The molecule has 1 aromatic heterocycles. The Morgan fingerprint density at radius 2 is 2.17 bits per heavy atom. The fourth-order valence-corrected chi connectivity index (χ4v) is 2.29. The fourth-order valence-electron chi connectivity index (χ4n) is 0.922. The Morgan fingerprint density at radius 3 is 2.72 bits per heavy atom. The molecule has 0 aliphatic heterocycles. The summed E-state index contributed by atoms with van der Waals surface area (Å²) in [4.78, 5) is 30.1. The van der Waals surface area contributed by atoms with Gasteiger partial charge in [0.2, 0.25) is 5.95 Å². The van der Waals surface area contributed by atoms with Crippen LogP contribution in [-0.2, 0) is 9.59 Å². The number of aromatic nitrogens is 2. The molecule has 0 aromatic carbocycles. The molecule has 1 amide bonds. The molecule has 1 aromatic rings. The zero-order valence-electron chi connectivity index (χ0n) is 9.71. The Hall–Kier alpha value is -1.68. The summed E-state index contributed by atoms with van der Waals surface area (Å²) < 4.78 is 4.35. The fraction of sp³-hybridized carbons (Fsp3) is 0.375. The van der Waals surface area contributed by atoms with Crippen molar-refractivity contribution in [1.29, 1.82) is 0 Å². The number of rotatable bonds is 4. The Labute approximate surface area is 111 Å². The van der Waals surface area contributed by atoms with Gasteiger partial charge in [-0.25, -0.2) is 4.99 Å². The van der Waals surface area contributed by atoms with E-state index in [4.69, 9.17) is 11.5 Å².